The van der Waals surface area contributed by atoms with Crippen LogP contribution >= 0.6 is 0 Å². The van der Waals surface area contributed by atoms with Crippen molar-refractivity contribution in [2.24, 2.45) is 5.73 Å². The molecule has 0 saturated heterocycles. The largest absolute Gasteiger partial charge is 0.497 e. The van der Waals surface area contributed by atoms with Crippen molar-refractivity contribution in [3.05, 3.63) is 64.7 Å². The van der Waals surface area contributed by atoms with Crippen LogP contribution in [0.2, 0.25) is 0 Å². The van der Waals surface area contributed by atoms with Crippen LogP contribution in [0, 0.1) is 13.8 Å². The number of aryl methyl sites for hydroxylation is 2. The first-order valence-electron chi connectivity index (χ1n) is 6.56. The van der Waals surface area contributed by atoms with Crippen molar-refractivity contribution in [3.8, 4) is 5.75 Å². The van der Waals surface area contributed by atoms with E-state index in [-0.39, 0.29) is 6.04 Å². The first kappa shape index (κ1) is 13.6. The number of nitrogens with two attached hydrogens (primary N) is 1. The summed E-state index contributed by atoms with van der Waals surface area (Å²) in [6.07, 6.45) is 0.842. The summed E-state index contributed by atoms with van der Waals surface area (Å²) in [6.45, 7) is 4.21. The second-order valence-corrected chi connectivity index (χ2v) is 5.02. The molecule has 100 valence electrons. The average Bonchev–Trinajstić information content (AvgIpc) is 2.42. The Bertz CT molecular complexity index is 546. The summed E-state index contributed by atoms with van der Waals surface area (Å²) in [7, 11) is 1.68. The lowest BCUT2D eigenvalue weighted by atomic mass is 9.95. The minimum absolute atomic E-state index is 0.0355. The average molecular weight is 255 g/mol. The molecule has 0 fully saturated rings. The van der Waals surface area contributed by atoms with Crippen molar-refractivity contribution in [3.63, 3.8) is 0 Å². The summed E-state index contributed by atoms with van der Waals surface area (Å²) < 4.78 is 5.16. The molecule has 0 heterocycles. The zero-order valence-corrected chi connectivity index (χ0v) is 11.8. The Balaban J connectivity index is 2.15. The Morgan fingerprint density at radius 1 is 1.05 bits per heavy atom. The molecule has 0 aliphatic rings. The fraction of sp³-hybridized carbons (Fsp3) is 0.294. The number of rotatable bonds is 4. The second kappa shape index (κ2) is 5.89. The summed E-state index contributed by atoms with van der Waals surface area (Å²) in [5.74, 6) is 0.879. The quantitative estimate of drug-likeness (QED) is 0.906. The van der Waals surface area contributed by atoms with Gasteiger partial charge in [0.25, 0.3) is 0 Å². The lowest BCUT2D eigenvalue weighted by molar-refractivity contribution is 0.414. The molecule has 0 bridgehead atoms. The van der Waals surface area contributed by atoms with Crippen LogP contribution in [-0.4, -0.2) is 7.11 Å². The van der Waals surface area contributed by atoms with Gasteiger partial charge in [-0.1, -0.05) is 35.9 Å². The maximum atomic E-state index is 6.34. The molecule has 0 aromatic heterocycles. The fourth-order valence-electron chi connectivity index (χ4n) is 2.28. The number of hydrogen-bond acceptors (Lipinski definition) is 2. The molecule has 0 spiro atoms. The lowest BCUT2D eigenvalue weighted by Crippen LogP contribution is -2.14. The van der Waals surface area contributed by atoms with Crippen LogP contribution in [0.5, 0.6) is 5.75 Å². The first-order valence-corrected chi connectivity index (χ1v) is 6.56. The molecule has 0 radical (unpaired) electrons. The highest BCUT2D eigenvalue weighted by Gasteiger charge is 2.10. The third kappa shape index (κ3) is 3.36. The SMILES string of the molecule is COc1ccc(CC(N)c2cc(C)ccc2C)cc1. The Hall–Kier alpha value is -1.80. The van der Waals surface area contributed by atoms with Crippen LogP contribution in [0.1, 0.15) is 28.3 Å². The molecule has 2 nitrogen and oxygen atoms in total. The predicted octanol–water partition coefficient (Wildman–Crippen LogP) is 3.55. The number of hydrogen-bond donors (Lipinski definition) is 1. The highest BCUT2D eigenvalue weighted by atomic mass is 16.5. The number of ether oxygens (including phenoxy) is 1. The van der Waals surface area contributed by atoms with Gasteiger partial charge in [-0.05, 0) is 49.1 Å². The molecule has 2 N–H and O–H groups in total. The van der Waals surface area contributed by atoms with Gasteiger partial charge in [-0.2, -0.15) is 0 Å². The summed E-state index contributed by atoms with van der Waals surface area (Å²) in [5, 5.41) is 0. The molecule has 0 aliphatic heterocycles. The van der Waals surface area contributed by atoms with Gasteiger partial charge in [-0.3, -0.25) is 0 Å². The molecule has 19 heavy (non-hydrogen) atoms. The van der Waals surface area contributed by atoms with E-state index in [1.807, 2.05) is 12.1 Å². The van der Waals surface area contributed by atoms with Crippen molar-refractivity contribution in [2.45, 2.75) is 26.3 Å². The number of methoxy groups -OCH3 is 1. The van der Waals surface area contributed by atoms with Crippen molar-refractivity contribution < 1.29 is 4.74 Å². The van der Waals surface area contributed by atoms with Gasteiger partial charge in [0.1, 0.15) is 5.75 Å². The summed E-state index contributed by atoms with van der Waals surface area (Å²) in [5.41, 5.74) is 11.3. The van der Waals surface area contributed by atoms with Gasteiger partial charge in [0, 0.05) is 6.04 Å². The molecule has 1 atom stereocenters. The van der Waals surface area contributed by atoms with Crippen molar-refractivity contribution in [1.29, 1.82) is 0 Å². The highest BCUT2D eigenvalue weighted by Crippen LogP contribution is 2.22. The van der Waals surface area contributed by atoms with Crippen LogP contribution in [0.25, 0.3) is 0 Å². The molecule has 1 unspecified atom stereocenters. The van der Waals surface area contributed by atoms with Crippen LogP contribution in [-0.2, 0) is 6.42 Å². The first-order chi connectivity index (χ1) is 9.10. The minimum Gasteiger partial charge on any atom is -0.497 e. The maximum Gasteiger partial charge on any atom is 0.118 e. The predicted molar refractivity (Wildman–Crippen MR) is 79.5 cm³/mol. The van der Waals surface area contributed by atoms with E-state index in [1.165, 1.54) is 22.3 Å². The maximum absolute atomic E-state index is 6.34. The van der Waals surface area contributed by atoms with E-state index < -0.39 is 0 Å². The zero-order valence-electron chi connectivity index (χ0n) is 11.8. The zero-order chi connectivity index (χ0) is 13.8. The van der Waals surface area contributed by atoms with Crippen LogP contribution < -0.4 is 10.5 Å². The van der Waals surface area contributed by atoms with E-state index in [4.69, 9.17) is 10.5 Å². The Morgan fingerprint density at radius 2 is 1.74 bits per heavy atom. The Kier molecular flexibility index (Phi) is 4.23. The third-order valence-electron chi connectivity index (χ3n) is 3.45. The second-order valence-electron chi connectivity index (χ2n) is 5.02. The van der Waals surface area contributed by atoms with Crippen molar-refractivity contribution in [1.82, 2.24) is 0 Å². The van der Waals surface area contributed by atoms with Gasteiger partial charge < -0.3 is 10.5 Å². The third-order valence-corrected chi connectivity index (χ3v) is 3.45. The Morgan fingerprint density at radius 3 is 2.37 bits per heavy atom. The van der Waals surface area contributed by atoms with Gasteiger partial charge in [-0.15, -0.1) is 0 Å². The molecule has 0 aliphatic carbocycles. The topological polar surface area (TPSA) is 35.2 Å². The molecular formula is C17H21NO. The van der Waals surface area contributed by atoms with Crippen molar-refractivity contribution >= 4 is 0 Å². The normalized spacial score (nSPS) is 12.2. The molecular weight excluding hydrogens is 234 g/mol. The molecule has 2 heteroatoms. The van der Waals surface area contributed by atoms with Gasteiger partial charge in [0.15, 0.2) is 0 Å². The fourth-order valence-corrected chi connectivity index (χ4v) is 2.28. The Labute approximate surface area is 115 Å². The van der Waals surface area contributed by atoms with Gasteiger partial charge in [0.2, 0.25) is 0 Å². The smallest absolute Gasteiger partial charge is 0.118 e. The van der Waals surface area contributed by atoms with E-state index in [0.717, 1.165) is 12.2 Å². The summed E-state index contributed by atoms with van der Waals surface area (Å²) >= 11 is 0. The summed E-state index contributed by atoms with van der Waals surface area (Å²) in [6, 6.07) is 14.6. The monoisotopic (exact) mass is 255 g/mol. The van der Waals surface area contributed by atoms with E-state index in [1.54, 1.807) is 7.11 Å². The van der Waals surface area contributed by atoms with E-state index in [9.17, 15) is 0 Å². The van der Waals surface area contributed by atoms with E-state index in [2.05, 4.69) is 44.2 Å². The molecule has 2 rings (SSSR count). The standard InChI is InChI=1S/C17H21NO/c1-12-4-5-13(2)16(10-12)17(18)11-14-6-8-15(19-3)9-7-14/h4-10,17H,11,18H2,1-3H3. The van der Waals surface area contributed by atoms with E-state index in [0.29, 0.717) is 0 Å². The van der Waals surface area contributed by atoms with Gasteiger partial charge in [-0.25, -0.2) is 0 Å². The molecule has 0 amide bonds. The van der Waals surface area contributed by atoms with Gasteiger partial charge in [0.05, 0.1) is 7.11 Å². The minimum atomic E-state index is 0.0355. The lowest BCUT2D eigenvalue weighted by Gasteiger charge is -2.16. The van der Waals surface area contributed by atoms with Crippen LogP contribution in [0.3, 0.4) is 0 Å². The highest BCUT2D eigenvalue weighted by molar-refractivity contribution is 5.35. The molecule has 2 aromatic carbocycles. The molecule has 0 saturated carbocycles. The van der Waals surface area contributed by atoms with Crippen LogP contribution in [0.15, 0.2) is 42.5 Å². The molecule has 2 aromatic rings. The van der Waals surface area contributed by atoms with Crippen molar-refractivity contribution in [2.75, 3.05) is 7.11 Å². The van der Waals surface area contributed by atoms with Crippen LogP contribution in [0.4, 0.5) is 0 Å². The van der Waals surface area contributed by atoms with E-state index >= 15 is 0 Å². The number of benzene rings is 2. The van der Waals surface area contributed by atoms with Gasteiger partial charge >= 0.3 is 0 Å². The summed E-state index contributed by atoms with van der Waals surface area (Å²) in [4.78, 5) is 0.